The Bertz CT molecular complexity index is 425. The summed E-state index contributed by atoms with van der Waals surface area (Å²) < 4.78 is 13.4. The van der Waals surface area contributed by atoms with Gasteiger partial charge >= 0.3 is 0 Å². The van der Waals surface area contributed by atoms with Crippen molar-refractivity contribution in [3.63, 3.8) is 0 Å². The van der Waals surface area contributed by atoms with E-state index >= 15 is 0 Å². The van der Waals surface area contributed by atoms with E-state index in [2.05, 4.69) is 31.0 Å². The smallest absolute Gasteiger partial charge is 0.123 e. The van der Waals surface area contributed by atoms with Crippen LogP contribution in [0.5, 0.6) is 0 Å². The molecule has 0 saturated carbocycles. The molecule has 118 valence electrons. The van der Waals surface area contributed by atoms with Gasteiger partial charge < -0.3 is 10.2 Å². The Balaban J connectivity index is 1.94. The van der Waals surface area contributed by atoms with Crippen molar-refractivity contribution in [2.45, 2.75) is 39.7 Å². The minimum absolute atomic E-state index is 0.143. The number of hydrogen-bond donors (Lipinski definition) is 1. The first kappa shape index (κ1) is 16.4. The molecule has 1 aromatic carbocycles. The van der Waals surface area contributed by atoms with Crippen LogP contribution in [0.15, 0.2) is 24.3 Å². The standard InChI is InChI=1S/C18H29FN2/c1-4-20-18(16-6-5-7-17(19)11-16)8-9-21-12-14(2)10-15(3)13-21/h5-7,11,14-15,18,20H,4,8-10,12-13H2,1-3H3. The summed E-state index contributed by atoms with van der Waals surface area (Å²) in [5.74, 6) is 1.44. The summed E-state index contributed by atoms with van der Waals surface area (Å²) in [4.78, 5) is 2.57. The maximum atomic E-state index is 13.4. The van der Waals surface area contributed by atoms with Crippen LogP contribution in [0.25, 0.3) is 0 Å². The van der Waals surface area contributed by atoms with Crippen molar-refractivity contribution in [2.24, 2.45) is 11.8 Å². The van der Waals surface area contributed by atoms with E-state index < -0.39 is 0 Å². The van der Waals surface area contributed by atoms with Crippen LogP contribution >= 0.6 is 0 Å². The second-order valence-corrected chi connectivity index (χ2v) is 6.66. The monoisotopic (exact) mass is 292 g/mol. The first-order chi connectivity index (χ1) is 10.1. The fourth-order valence-electron chi connectivity index (χ4n) is 3.64. The van der Waals surface area contributed by atoms with E-state index in [4.69, 9.17) is 0 Å². The fourth-order valence-corrected chi connectivity index (χ4v) is 3.64. The Morgan fingerprint density at radius 2 is 2.00 bits per heavy atom. The molecule has 0 bridgehead atoms. The van der Waals surface area contributed by atoms with Gasteiger partial charge in [0.2, 0.25) is 0 Å². The third kappa shape index (κ3) is 5.08. The number of benzene rings is 1. The average molecular weight is 292 g/mol. The summed E-state index contributed by atoms with van der Waals surface area (Å²) in [7, 11) is 0. The fraction of sp³-hybridized carbons (Fsp3) is 0.667. The van der Waals surface area contributed by atoms with Crippen molar-refractivity contribution in [3.8, 4) is 0 Å². The van der Waals surface area contributed by atoms with Gasteiger partial charge in [-0.1, -0.05) is 32.9 Å². The summed E-state index contributed by atoms with van der Waals surface area (Å²) in [5, 5.41) is 3.49. The summed E-state index contributed by atoms with van der Waals surface area (Å²) in [6, 6.07) is 7.26. The van der Waals surface area contributed by atoms with Crippen LogP contribution in [0.1, 0.15) is 45.2 Å². The number of halogens is 1. The molecule has 1 aliphatic rings. The molecule has 1 saturated heterocycles. The molecule has 1 aliphatic heterocycles. The lowest BCUT2D eigenvalue weighted by Gasteiger charge is -2.35. The molecule has 0 aromatic heterocycles. The van der Waals surface area contributed by atoms with Gasteiger partial charge in [-0.2, -0.15) is 0 Å². The summed E-state index contributed by atoms with van der Waals surface area (Å²) in [5.41, 5.74) is 1.06. The zero-order valence-corrected chi connectivity index (χ0v) is 13.6. The van der Waals surface area contributed by atoms with Gasteiger partial charge in [-0.3, -0.25) is 0 Å². The average Bonchev–Trinajstić information content (AvgIpc) is 2.42. The molecular weight excluding hydrogens is 263 g/mol. The van der Waals surface area contributed by atoms with Gasteiger partial charge in [0.25, 0.3) is 0 Å². The molecule has 0 amide bonds. The molecule has 1 aromatic rings. The molecule has 1 heterocycles. The van der Waals surface area contributed by atoms with Crippen LogP contribution in [0.3, 0.4) is 0 Å². The molecular formula is C18H29FN2. The Labute approximate surface area is 128 Å². The molecule has 1 N–H and O–H groups in total. The molecule has 1 fully saturated rings. The quantitative estimate of drug-likeness (QED) is 0.857. The van der Waals surface area contributed by atoms with Crippen LogP contribution in [-0.4, -0.2) is 31.1 Å². The molecule has 3 unspecified atom stereocenters. The highest BCUT2D eigenvalue weighted by Gasteiger charge is 2.22. The van der Waals surface area contributed by atoms with Crippen LogP contribution in [0.2, 0.25) is 0 Å². The number of likely N-dealkylation sites (tertiary alicyclic amines) is 1. The van der Waals surface area contributed by atoms with E-state index in [0.29, 0.717) is 0 Å². The van der Waals surface area contributed by atoms with Crippen LogP contribution < -0.4 is 5.32 Å². The van der Waals surface area contributed by atoms with Gasteiger partial charge in [-0.15, -0.1) is 0 Å². The second-order valence-electron chi connectivity index (χ2n) is 6.66. The number of rotatable bonds is 6. The zero-order chi connectivity index (χ0) is 15.2. The maximum absolute atomic E-state index is 13.4. The third-order valence-corrected chi connectivity index (χ3v) is 4.38. The van der Waals surface area contributed by atoms with Gasteiger partial charge in [0.15, 0.2) is 0 Å². The Kier molecular flexibility index (Phi) is 6.19. The Hall–Kier alpha value is -0.930. The molecule has 0 radical (unpaired) electrons. The lowest BCUT2D eigenvalue weighted by atomic mass is 9.91. The molecule has 0 aliphatic carbocycles. The molecule has 2 nitrogen and oxygen atoms in total. The molecule has 0 spiro atoms. The van der Waals surface area contributed by atoms with Crippen molar-refractivity contribution in [3.05, 3.63) is 35.6 Å². The van der Waals surface area contributed by atoms with Crippen molar-refractivity contribution in [1.29, 1.82) is 0 Å². The van der Waals surface area contributed by atoms with E-state index in [0.717, 1.165) is 36.9 Å². The van der Waals surface area contributed by atoms with Gasteiger partial charge in [0.05, 0.1) is 0 Å². The van der Waals surface area contributed by atoms with E-state index in [9.17, 15) is 4.39 Å². The number of nitrogens with one attached hydrogen (secondary N) is 1. The topological polar surface area (TPSA) is 15.3 Å². The molecule has 21 heavy (non-hydrogen) atoms. The summed E-state index contributed by atoms with van der Waals surface area (Å²) in [6.07, 6.45) is 2.38. The minimum Gasteiger partial charge on any atom is -0.310 e. The SMILES string of the molecule is CCNC(CCN1CC(C)CC(C)C1)c1cccc(F)c1. The predicted octanol–water partition coefficient (Wildman–Crippen LogP) is 3.84. The number of nitrogens with zero attached hydrogens (tertiary/aromatic N) is 1. The highest BCUT2D eigenvalue weighted by Crippen LogP contribution is 2.23. The molecule has 3 atom stereocenters. The first-order valence-corrected chi connectivity index (χ1v) is 8.29. The van der Waals surface area contributed by atoms with Gasteiger partial charge in [-0.25, -0.2) is 4.39 Å². The third-order valence-electron chi connectivity index (χ3n) is 4.38. The number of piperidine rings is 1. The van der Waals surface area contributed by atoms with Crippen molar-refractivity contribution in [1.82, 2.24) is 10.2 Å². The molecule has 3 heteroatoms. The number of hydrogen-bond acceptors (Lipinski definition) is 2. The van der Waals surface area contributed by atoms with E-state index in [1.165, 1.54) is 25.6 Å². The van der Waals surface area contributed by atoms with E-state index in [-0.39, 0.29) is 11.9 Å². The first-order valence-electron chi connectivity index (χ1n) is 8.29. The van der Waals surface area contributed by atoms with Crippen LogP contribution in [-0.2, 0) is 0 Å². The summed E-state index contributed by atoms with van der Waals surface area (Å²) >= 11 is 0. The highest BCUT2D eigenvalue weighted by atomic mass is 19.1. The Morgan fingerprint density at radius 1 is 1.29 bits per heavy atom. The van der Waals surface area contributed by atoms with Gasteiger partial charge in [0.1, 0.15) is 5.82 Å². The van der Waals surface area contributed by atoms with Gasteiger partial charge in [0, 0.05) is 19.1 Å². The minimum atomic E-state index is -0.143. The predicted molar refractivity (Wildman–Crippen MR) is 86.8 cm³/mol. The van der Waals surface area contributed by atoms with Crippen LogP contribution in [0, 0.1) is 17.7 Å². The van der Waals surface area contributed by atoms with E-state index in [1.807, 2.05) is 6.07 Å². The lowest BCUT2D eigenvalue weighted by Crippen LogP contribution is -2.40. The maximum Gasteiger partial charge on any atom is 0.123 e. The van der Waals surface area contributed by atoms with Crippen molar-refractivity contribution >= 4 is 0 Å². The normalized spacial score (nSPS) is 25.0. The largest absolute Gasteiger partial charge is 0.310 e. The lowest BCUT2D eigenvalue weighted by molar-refractivity contribution is 0.135. The molecule has 2 rings (SSSR count). The van der Waals surface area contributed by atoms with Crippen molar-refractivity contribution in [2.75, 3.05) is 26.2 Å². The highest BCUT2D eigenvalue weighted by molar-refractivity contribution is 5.20. The van der Waals surface area contributed by atoms with Gasteiger partial charge in [-0.05, 0) is 55.5 Å². The summed E-state index contributed by atoms with van der Waals surface area (Å²) in [6.45, 7) is 11.2. The Morgan fingerprint density at radius 3 is 2.62 bits per heavy atom. The second kappa shape index (κ2) is 7.90. The van der Waals surface area contributed by atoms with Crippen molar-refractivity contribution < 1.29 is 4.39 Å². The van der Waals surface area contributed by atoms with E-state index in [1.54, 1.807) is 12.1 Å². The zero-order valence-electron chi connectivity index (χ0n) is 13.6. The van der Waals surface area contributed by atoms with Crippen LogP contribution in [0.4, 0.5) is 4.39 Å².